The number of hydrogen-bond acceptors (Lipinski definition) is 0. The summed E-state index contributed by atoms with van der Waals surface area (Å²) in [5.74, 6) is 0. The predicted molar refractivity (Wildman–Crippen MR) is 74.2 cm³/mol. The number of unbranched alkanes of at least 4 members (excludes halogenated alkanes) is 5. The summed E-state index contributed by atoms with van der Waals surface area (Å²) in [7, 11) is 0. The number of rotatable bonds is 7. The van der Waals surface area contributed by atoms with Crippen LogP contribution >= 0.6 is 0 Å². The van der Waals surface area contributed by atoms with Gasteiger partial charge in [-0.05, 0) is 18.6 Å². The monoisotopic (exact) mass is 228 g/mol. The molecule has 0 saturated heterocycles. The van der Waals surface area contributed by atoms with Gasteiger partial charge in [0.15, 0.2) is 0 Å². The number of nitrogens with zero attached hydrogens (tertiary/aromatic N) is 1. The summed E-state index contributed by atoms with van der Waals surface area (Å²) in [4.78, 5) is 0. The maximum absolute atomic E-state index is 3.33. The van der Waals surface area contributed by atoms with Crippen LogP contribution in [0.25, 0.3) is 10.9 Å². The summed E-state index contributed by atoms with van der Waals surface area (Å²) < 4.78 is 2.26. The van der Waals surface area contributed by atoms with Gasteiger partial charge in [-0.3, -0.25) is 0 Å². The molecule has 0 aliphatic carbocycles. The molecule has 1 aromatic carbocycles. The molecule has 1 heteroatoms. The molecule has 0 spiro atoms. The molecule has 0 aliphatic rings. The van der Waals surface area contributed by atoms with E-state index in [0.29, 0.717) is 0 Å². The first kappa shape index (κ1) is 12.2. The minimum Gasteiger partial charge on any atom is -0.339 e. The lowest BCUT2D eigenvalue weighted by atomic mass is 10.1. The van der Waals surface area contributed by atoms with E-state index in [1.165, 1.54) is 49.4 Å². The van der Waals surface area contributed by atoms with Gasteiger partial charge < -0.3 is 4.57 Å². The van der Waals surface area contributed by atoms with Crippen molar-refractivity contribution in [3.05, 3.63) is 36.5 Å². The van der Waals surface area contributed by atoms with Crippen molar-refractivity contribution < 1.29 is 0 Å². The third-order valence-corrected chi connectivity index (χ3v) is 3.34. The van der Waals surface area contributed by atoms with E-state index in [1.807, 2.05) is 0 Å². The smallest absolute Gasteiger partial charge is 0.0659 e. The molecule has 1 radical (unpaired) electrons. The van der Waals surface area contributed by atoms with Crippen LogP contribution < -0.4 is 0 Å². The molecule has 0 N–H and O–H groups in total. The van der Waals surface area contributed by atoms with Crippen LogP contribution in [0.5, 0.6) is 0 Å². The van der Waals surface area contributed by atoms with Crippen molar-refractivity contribution in [1.82, 2.24) is 4.57 Å². The minimum absolute atomic E-state index is 1.11. The van der Waals surface area contributed by atoms with Crippen LogP contribution in [0.1, 0.15) is 45.4 Å². The molecule has 91 valence electrons. The molecule has 0 aliphatic heterocycles. The Labute approximate surface area is 104 Å². The third-order valence-electron chi connectivity index (χ3n) is 3.34. The Bertz CT molecular complexity index is 441. The first-order valence-electron chi connectivity index (χ1n) is 6.88. The highest BCUT2D eigenvalue weighted by molar-refractivity contribution is 5.79. The van der Waals surface area contributed by atoms with E-state index >= 15 is 0 Å². The second-order valence-corrected chi connectivity index (χ2v) is 4.75. The number of para-hydroxylation sites is 1. The number of benzene rings is 1. The SMILES string of the molecule is CCCCCCCCn1[c]cc2ccccc21. The van der Waals surface area contributed by atoms with E-state index in [4.69, 9.17) is 0 Å². The molecule has 0 unspecified atom stereocenters. The van der Waals surface area contributed by atoms with Crippen LogP contribution in [0.3, 0.4) is 0 Å². The van der Waals surface area contributed by atoms with Crippen molar-refractivity contribution in [2.75, 3.05) is 0 Å². The quantitative estimate of drug-likeness (QED) is 0.600. The fourth-order valence-corrected chi connectivity index (χ4v) is 2.31. The molecular weight excluding hydrogens is 206 g/mol. The Morgan fingerprint density at radius 3 is 2.65 bits per heavy atom. The second-order valence-electron chi connectivity index (χ2n) is 4.75. The maximum atomic E-state index is 3.33. The van der Waals surface area contributed by atoms with E-state index in [0.717, 1.165) is 6.54 Å². The van der Waals surface area contributed by atoms with Crippen LogP contribution in [0.4, 0.5) is 0 Å². The van der Waals surface area contributed by atoms with E-state index in [1.54, 1.807) is 0 Å². The van der Waals surface area contributed by atoms with Crippen LogP contribution in [0.2, 0.25) is 0 Å². The molecule has 0 saturated carbocycles. The van der Waals surface area contributed by atoms with Gasteiger partial charge in [0, 0.05) is 17.4 Å². The fraction of sp³-hybridized carbons (Fsp3) is 0.500. The van der Waals surface area contributed by atoms with E-state index in [2.05, 4.69) is 48.0 Å². The van der Waals surface area contributed by atoms with Gasteiger partial charge in [0.2, 0.25) is 0 Å². The van der Waals surface area contributed by atoms with Crippen molar-refractivity contribution in [1.29, 1.82) is 0 Å². The molecule has 1 aromatic heterocycles. The molecule has 0 amide bonds. The lowest BCUT2D eigenvalue weighted by Crippen LogP contribution is -1.96. The summed E-state index contributed by atoms with van der Waals surface area (Å²) in [5, 5.41) is 1.30. The summed E-state index contributed by atoms with van der Waals surface area (Å²) in [5.41, 5.74) is 1.32. The van der Waals surface area contributed by atoms with Crippen LogP contribution in [0.15, 0.2) is 30.3 Å². The van der Waals surface area contributed by atoms with Gasteiger partial charge in [0.1, 0.15) is 0 Å². The van der Waals surface area contributed by atoms with Crippen molar-refractivity contribution in [2.45, 2.75) is 52.0 Å². The van der Waals surface area contributed by atoms with Gasteiger partial charge >= 0.3 is 0 Å². The van der Waals surface area contributed by atoms with Gasteiger partial charge in [-0.25, -0.2) is 0 Å². The zero-order valence-electron chi connectivity index (χ0n) is 10.8. The second kappa shape index (κ2) is 6.48. The molecule has 2 rings (SSSR count). The number of aromatic nitrogens is 1. The van der Waals surface area contributed by atoms with Gasteiger partial charge in [0.25, 0.3) is 0 Å². The number of fused-ring (bicyclic) bond motifs is 1. The zero-order chi connectivity index (χ0) is 11.9. The molecular formula is C16H22N. The molecule has 1 nitrogen and oxygen atoms in total. The van der Waals surface area contributed by atoms with Crippen LogP contribution in [-0.2, 0) is 6.54 Å². The Morgan fingerprint density at radius 2 is 1.76 bits per heavy atom. The van der Waals surface area contributed by atoms with E-state index in [-0.39, 0.29) is 0 Å². The Hall–Kier alpha value is -1.24. The molecule has 2 aromatic rings. The lowest BCUT2D eigenvalue weighted by molar-refractivity contribution is 0.564. The first-order valence-corrected chi connectivity index (χ1v) is 6.88. The number of aryl methyl sites for hydroxylation is 1. The van der Waals surface area contributed by atoms with Gasteiger partial charge in [-0.15, -0.1) is 0 Å². The van der Waals surface area contributed by atoms with Crippen molar-refractivity contribution in [2.24, 2.45) is 0 Å². The topological polar surface area (TPSA) is 4.93 Å². The summed E-state index contributed by atoms with van der Waals surface area (Å²) >= 11 is 0. The summed E-state index contributed by atoms with van der Waals surface area (Å²) in [6, 6.07) is 10.6. The highest BCUT2D eigenvalue weighted by atomic mass is 14.9. The van der Waals surface area contributed by atoms with Crippen molar-refractivity contribution >= 4 is 10.9 Å². The number of hydrogen-bond donors (Lipinski definition) is 0. The Kier molecular flexibility index (Phi) is 4.66. The van der Waals surface area contributed by atoms with Crippen LogP contribution in [0, 0.1) is 6.20 Å². The minimum atomic E-state index is 1.11. The average molecular weight is 228 g/mol. The highest BCUT2D eigenvalue weighted by Gasteiger charge is 1.99. The largest absolute Gasteiger partial charge is 0.339 e. The molecule has 0 bridgehead atoms. The summed E-state index contributed by atoms with van der Waals surface area (Å²) in [6.07, 6.45) is 11.5. The standard InChI is InChI=1S/C16H22N/c1-2-3-4-5-6-9-13-17-14-12-15-10-7-8-11-16(15)17/h7-8,10-12H,2-6,9,13H2,1H3. The fourth-order valence-electron chi connectivity index (χ4n) is 2.31. The van der Waals surface area contributed by atoms with E-state index < -0.39 is 0 Å². The molecule has 1 heterocycles. The zero-order valence-corrected chi connectivity index (χ0v) is 10.8. The predicted octanol–water partition coefficient (Wildman–Crippen LogP) is 4.80. The van der Waals surface area contributed by atoms with Gasteiger partial charge in [0.05, 0.1) is 6.20 Å². The van der Waals surface area contributed by atoms with Crippen LogP contribution in [-0.4, -0.2) is 4.57 Å². The maximum Gasteiger partial charge on any atom is 0.0659 e. The average Bonchev–Trinajstić information content (AvgIpc) is 2.77. The van der Waals surface area contributed by atoms with E-state index in [9.17, 15) is 0 Å². The Balaban J connectivity index is 1.79. The lowest BCUT2D eigenvalue weighted by Gasteiger charge is -2.04. The third kappa shape index (κ3) is 3.36. The van der Waals surface area contributed by atoms with Crippen molar-refractivity contribution in [3.63, 3.8) is 0 Å². The molecule has 0 fully saturated rings. The summed E-state index contributed by atoms with van der Waals surface area (Å²) in [6.45, 7) is 3.38. The molecule has 0 atom stereocenters. The first-order chi connectivity index (χ1) is 8.42. The van der Waals surface area contributed by atoms with Crippen molar-refractivity contribution in [3.8, 4) is 0 Å². The highest BCUT2D eigenvalue weighted by Crippen LogP contribution is 2.15. The van der Waals surface area contributed by atoms with Gasteiger partial charge in [-0.1, -0.05) is 57.2 Å². The van der Waals surface area contributed by atoms with Gasteiger partial charge in [-0.2, -0.15) is 0 Å². The Morgan fingerprint density at radius 1 is 1.00 bits per heavy atom. The normalized spacial score (nSPS) is 11.1. The molecule has 17 heavy (non-hydrogen) atoms.